The van der Waals surface area contributed by atoms with Gasteiger partial charge in [0.2, 0.25) is 11.8 Å². The molecule has 2 rings (SSSR count). The number of amides is 2. The molecule has 4 nitrogen and oxygen atoms in total. The predicted molar refractivity (Wildman–Crippen MR) is 101 cm³/mol. The molecule has 0 atom stereocenters. The first kappa shape index (κ1) is 21.5. The Morgan fingerprint density at radius 1 is 0.964 bits per heavy atom. The molecule has 0 heterocycles. The number of benzene rings is 2. The molecule has 0 saturated heterocycles. The Morgan fingerprint density at radius 2 is 1.61 bits per heavy atom. The summed E-state index contributed by atoms with van der Waals surface area (Å²) in [6.45, 7) is 2.56. The number of hydrogen-bond acceptors (Lipinski definition) is 2. The maximum atomic E-state index is 12.6. The number of carbonyl (C=O) groups excluding carboxylic acids is 2. The smallest absolute Gasteiger partial charge is 0.338 e. The fourth-order valence-corrected chi connectivity index (χ4v) is 2.67. The zero-order valence-electron chi connectivity index (χ0n) is 15.6. The van der Waals surface area contributed by atoms with Crippen LogP contribution in [0.2, 0.25) is 0 Å². The Morgan fingerprint density at radius 3 is 2.18 bits per heavy atom. The summed E-state index contributed by atoms with van der Waals surface area (Å²) in [4.78, 5) is 26.1. The van der Waals surface area contributed by atoms with Gasteiger partial charge in [0.05, 0.1) is 5.56 Å². The summed E-state index contributed by atoms with van der Waals surface area (Å²) in [7, 11) is 0. The molecule has 0 spiro atoms. The molecule has 2 aromatic carbocycles. The van der Waals surface area contributed by atoms with E-state index in [0.717, 1.165) is 17.7 Å². The van der Waals surface area contributed by atoms with E-state index >= 15 is 0 Å². The third-order valence-corrected chi connectivity index (χ3v) is 4.14. The van der Waals surface area contributed by atoms with Gasteiger partial charge in [0.25, 0.3) is 0 Å². The van der Waals surface area contributed by atoms with Crippen molar-refractivity contribution < 1.29 is 22.8 Å². The van der Waals surface area contributed by atoms with Crippen LogP contribution in [0.3, 0.4) is 0 Å². The van der Waals surface area contributed by atoms with E-state index < -0.39 is 11.7 Å². The largest absolute Gasteiger partial charge is 0.416 e. The Kier molecular flexibility index (Phi) is 7.61. The molecule has 0 unspecified atom stereocenters. The van der Waals surface area contributed by atoms with Crippen LogP contribution >= 0.6 is 0 Å². The molecule has 2 amide bonds. The summed E-state index contributed by atoms with van der Waals surface area (Å²) in [5, 5.41) is 2.57. The maximum absolute atomic E-state index is 12.6. The second kappa shape index (κ2) is 9.92. The first-order valence-electron chi connectivity index (χ1n) is 9.08. The number of halogens is 3. The molecule has 7 heteroatoms. The van der Waals surface area contributed by atoms with Crippen molar-refractivity contribution in [3.63, 3.8) is 0 Å². The lowest BCUT2D eigenvalue weighted by molar-refractivity contribution is -0.137. The van der Waals surface area contributed by atoms with E-state index in [-0.39, 0.29) is 30.5 Å². The van der Waals surface area contributed by atoms with E-state index in [1.54, 1.807) is 4.90 Å². The van der Waals surface area contributed by atoms with Crippen molar-refractivity contribution in [1.29, 1.82) is 0 Å². The lowest BCUT2D eigenvalue weighted by atomic mass is 10.2. The monoisotopic (exact) mass is 392 g/mol. The number of hydrogen-bond donors (Lipinski definition) is 1. The lowest BCUT2D eigenvalue weighted by Gasteiger charge is -2.22. The predicted octanol–water partition coefficient (Wildman–Crippen LogP) is 4.86. The minimum absolute atomic E-state index is 0.0336. The molecule has 0 aliphatic rings. The zero-order chi connectivity index (χ0) is 20.6. The third-order valence-electron chi connectivity index (χ3n) is 4.14. The molecule has 150 valence electrons. The number of nitrogens with zero attached hydrogens (tertiary/aromatic N) is 1. The van der Waals surface area contributed by atoms with Crippen LogP contribution in [0.4, 0.5) is 18.9 Å². The van der Waals surface area contributed by atoms with Gasteiger partial charge >= 0.3 is 6.18 Å². The van der Waals surface area contributed by atoms with Crippen molar-refractivity contribution in [2.45, 2.75) is 38.9 Å². The highest BCUT2D eigenvalue weighted by atomic mass is 19.4. The van der Waals surface area contributed by atoms with E-state index in [4.69, 9.17) is 0 Å². The van der Waals surface area contributed by atoms with Gasteiger partial charge in [0.1, 0.15) is 0 Å². The van der Waals surface area contributed by atoms with Gasteiger partial charge in [-0.25, -0.2) is 0 Å². The molecule has 28 heavy (non-hydrogen) atoms. The van der Waals surface area contributed by atoms with Gasteiger partial charge in [-0.1, -0.05) is 37.3 Å². The summed E-state index contributed by atoms with van der Waals surface area (Å²) >= 11 is 0. The zero-order valence-corrected chi connectivity index (χ0v) is 15.6. The second-order valence-electron chi connectivity index (χ2n) is 6.42. The van der Waals surface area contributed by atoms with Gasteiger partial charge in [-0.15, -0.1) is 0 Å². The molecule has 0 radical (unpaired) electrons. The number of carbonyl (C=O) groups is 2. The second-order valence-corrected chi connectivity index (χ2v) is 6.42. The van der Waals surface area contributed by atoms with Gasteiger partial charge in [0, 0.05) is 31.6 Å². The standard InChI is InChI=1S/C21H23F3N2O2/c1-2-6-20(28)26(15-16-7-4-3-5-8-16)14-13-19(27)25-18-11-9-17(10-12-18)21(22,23)24/h3-5,7-12H,2,6,13-15H2,1H3,(H,25,27). The van der Waals surface area contributed by atoms with E-state index in [2.05, 4.69) is 5.32 Å². The van der Waals surface area contributed by atoms with E-state index in [1.165, 1.54) is 12.1 Å². The van der Waals surface area contributed by atoms with E-state index in [9.17, 15) is 22.8 Å². The number of anilines is 1. The van der Waals surface area contributed by atoms with Crippen molar-refractivity contribution in [1.82, 2.24) is 4.90 Å². The molecule has 0 aliphatic carbocycles. The molecule has 0 aliphatic heterocycles. The third kappa shape index (κ3) is 6.72. The highest BCUT2D eigenvalue weighted by Crippen LogP contribution is 2.29. The van der Waals surface area contributed by atoms with Crippen molar-refractivity contribution in [3.05, 3.63) is 65.7 Å². The van der Waals surface area contributed by atoms with Crippen LogP contribution in [0, 0.1) is 0 Å². The number of nitrogens with one attached hydrogen (secondary N) is 1. The summed E-state index contributed by atoms with van der Waals surface area (Å²) in [6, 6.07) is 13.7. The van der Waals surface area contributed by atoms with E-state index in [1.807, 2.05) is 37.3 Å². The first-order valence-corrected chi connectivity index (χ1v) is 9.08. The maximum Gasteiger partial charge on any atom is 0.416 e. The summed E-state index contributed by atoms with van der Waals surface area (Å²) in [5.74, 6) is -0.393. The van der Waals surface area contributed by atoms with Crippen LogP contribution in [-0.4, -0.2) is 23.3 Å². The van der Waals surface area contributed by atoms with Crippen molar-refractivity contribution >= 4 is 17.5 Å². The molecule has 0 fully saturated rings. The topological polar surface area (TPSA) is 49.4 Å². The molecule has 0 bridgehead atoms. The van der Waals surface area contributed by atoms with Crippen molar-refractivity contribution in [2.24, 2.45) is 0 Å². The molecule has 0 saturated carbocycles. The first-order chi connectivity index (χ1) is 13.3. The van der Waals surface area contributed by atoms with Crippen molar-refractivity contribution in [3.8, 4) is 0 Å². The van der Waals surface area contributed by atoms with Gasteiger partial charge < -0.3 is 10.2 Å². The van der Waals surface area contributed by atoms with Gasteiger partial charge in [-0.05, 0) is 36.2 Å². The lowest BCUT2D eigenvalue weighted by Crippen LogP contribution is -2.33. The quantitative estimate of drug-likeness (QED) is 0.697. The molecule has 1 N–H and O–H groups in total. The van der Waals surface area contributed by atoms with Gasteiger partial charge in [-0.2, -0.15) is 13.2 Å². The summed E-state index contributed by atoms with van der Waals surface area (Å²) in [5.41, 5.74) is 0.479. The highest BCUT2D eigenvalue weighted by molar-refractivity contribution is 5.91. The fourth-order valence-electron chi connectivity index (χ4n) is 2.67. The fraction of sp³-hybridized carbons (Fsp3) is 0.333. The molecular weight excluding hydrogens is 369 g/mol. The molecule has 2 aromatic rings. The van der Waals surface area contributed by atoms with Crippen LogP contribution in [0.25, 0.3) is 0 Å². The van der Waals surface area contributed by atoms with Crippen LogP contribution in [0.15, 0.2) is 54.6 Å². The normalized spacial score (nSPS) is 11.1. The molecule has 0 aromatic heterocycles. The van der Waals surface area contributed by atoms with Crippen LogP contribution in [0.1, 0.15) is 37.3 Å². The van der Waals surface area contributed by atoms with E-state index in [0.29, 0.717) is 19.4 Å². The van der Waals surface area contributed by atoms with Gasteiger partial charge in [0.15, 0.2) is 0 Å². The number of alkyl halides is 3. The SMILES string of the molecule is CCCC(=O)N(CCC(=O)Nc1ccc(C(F)(F)F)cc1)Cc1ccccc1. The summed E-state index contributed by atoms with van der Waals surface area (Å²) < 4.78 is 37.8. The minimum Gasteiger partial charge on any atom is -0.338 e. The Labute approximate surface area is 162 Å². The minimum atomic E-state index is -4.42. The average Bonchev–Trinajstić information content (AvgIpc) is 2.66. The molecular formula is C21H23F3N2O2. The van der Waals surface area contributed by atoms with Crippen LogP contribution < -0.4 is 5.32 Å². The van der Waals surface area contributed by atoms with Gasteiger partial charge in [-0.3, -0.25) is 9.59 Å². The Hall–Kier alpha value is -2.83. The Bertz CT molecular complexity index is 774. The number of rotatable bonds is 8. The van der Waals surface area contributed by atoms with Crippen LogP contribution in [0.5, 0.6) is 0 Å². The van der Waals surface area contributed by atoms with Crippen molar-refractivity contribution in [2.75, 3.05) is 11.9 Å². The Balaban J connectivity index is 1.93. The average molecular weight is 392 g/mol. The highest BCUT2D eigenvalue weighted by Gasteiger charge is 2.30. The van der Waals surface area contributed by atoms with Crippen LogP contribution in [-0.2, 0) is 22.3 Å². The summed E-state index contributed by atoms with van der Waals surface area (Å²) in [6.07, 6.45) is -3.25.